The number of thiocarbonyl (C=S) groups is 1. The number of nitrogens with one attached hydrogen (secondary N) is 2. The van der Waals surface area contributed by atoms with Crippen molar-refractivity contribution in [3.63, 3.8) is 0 Å². The first kappa shape index (κ1) is 10.6. The van der Waals surface area contributed by atoms with Gasteiger partial charge in [0, 0.05) is 5.41 Å². The van der Waals surface area contributed by atoms with Crippen LogP contribution in [0.2, 0.25) is 0 Å². The van der Waals surface area contributed by atoms with E-state index < -0.39 is 17.2 Å². The maximum atomic E-state index is 11.4. The fraction of sp³-hybridized carbons (Fsp3) is 0.444. The number of nitrogens with zero attached hydrogens (tertiary/aromatic N) is 1. The van der Waals surface area contributed by atoms with E-state index in [1.807, 2.05) is 6.07 Å². The molecule has 2 N–H and O–H groups in total. The van der Waals surface area contributed by atoms with Crippen LogP contribution in [0.3, 0.4) is 0 Å². The van der Waals surface area contributed by atoms with Crippen LogP contribution in [0.5, 0.6) is 0 Å². The Bertz CT molecular complexity index is 399. The van der Waals surface area contributed by atoms with Crippen molar-refractivity contribution in [1.29, 1.82) is 10.7 Å². The first-order valence-electron chi connectivity index (χ1n) is 4.00. The zero-order valence-corrected chi connectivity index (χ0v) is 8.66. The van der Waals surface area contributed by atoms with Crippen LogP contribution < -0.4 is 5.32 Å². The van der Waals surface area contributed by atoms with Crippen molar-refractivity contribution >= 4 is 29.0 Å². The fourth-order valence-electron chi connectivity index (χ4n) is 1.45. The number of amides is 1. The van der Waals surface area contributed by atoms with Crippen molar-refractivity contribution in [3.05, 3.63) is 5.57 Å². The van der Waals surface area contributed by atoms with Crippen LogP contribution >= 0.6 is 12.2 Å². The lowest BCUT2D eigenvalue weighted by Crippen LogP contribution is -2.50. The molecule has 1 amide bonds. The van der Waals surface area contributed by atoms with Gasteiger partial charge in [-0.15, -0.1) is 0 Å². The molecule has 0 spiro atoms. The fourth-order valence-corrected chi connectivity index (χ4v) is 1.86. The molecule has 0 aromatic heterocycles. The minimum absolute atomic E-state index is 0.196. The van der Waals surface area contributed by atoms with Crippen LogP contribution in [0.4, 0.5) is 0 Å². The highest BCUT2D eigenvalue weighted by atomic mass is 32.1. The molecule has 1 atom stereocenters. The predicted octanol–water partition coefficient (Wildman–Crippen LogP) is 0.784. The minimum atomic E-state index is -0.818. The molecule has 0 aliphatic carbocycles. The summed E-state index contributed by atoms with van der Waals surface area (Å²) < 4.78 is 0. The number of hydrogen-bond acceptors (Lipinski definition) is 4. The summed E-state index contributed by atoms with van der Waals surface area (Å²) in [5.41, 5.74) is -0.339. The topological polar surface area (TPSA) is 76.7 Å². The third-order valence-corrected chi connectivity index (χ3v) is 2.65. The molecule has 14 heavy (non-hydrogen) atoms. The molecule has 1 aliphatic heterocycles. The second-order valence-electron chi connectivity index (χ2n) is 3.60. The van der Waals surface area contributed by atoms with Gasteiger partial charge in [-0.3, -0.25) is 10.2 Å². The maximum absolute atomic E-state index is 11.4. The lowest BCUT2D eigenvalue weighted by atomic mass is 9.71. The molecule has 0 radical (unpaired) electrons. The molecule has 5 heteroatoms. The summed E-state index contributed by atoms with van der Waals surface area (Å²) in [7, 11) is 0. The summed E-state index contributed by atoms with van der Waals surface area (Å²) >= 11 is 4.89. The quantitative estimate of drug-likeness (QED) is 0.350. The van der Waals surface area contributed by atoms with Gasteiger partial charge in [-0.25, -0.2) is 0 Å². The molecule has 1 heterocycles. The van der Waals surface area contributed by atoms with Crippen molar-refractivity contribution in [2.75, 3.05) is 0 Å². The van der Waals surface area contributed by atoms with Crippen LogP contribution in [0.15, 0.2) is 5.57 Å². The van der Waals surface area contributed by atoms with Crippen LogP contribution in [0.1, 0.15) is 13.8 Å². The SMILES string of the molecule is CC1(C)C(=C=N)C(=S)NC(=O)C1C#N. The van der Waals surface area contributed by atoms with Crippen molar-refractivity contribution in [2.24, 2.45) is 11.3 Å². The Morgan fingerprint density at radius 2 is 2.21 bits per heavy atom. The summed E-state index contributed by atoms with van der Waals surface area (Å²) in [5.74, 6) is 0.969. The molecule has 4 nitrogen and oxygen atoms in total. The number of piperidine rings is 1. The number of rotatable bonds is 0. The smallest absolute Gasteiger partial charge is 0.243 e. The molecule has 1 unspecified atom stereocenters. The van der Waals surface area contributed by atoms with Gasteiger partial charge < -0.3 is 5.32 Å². The van der Waals surface area contributed by atoms with Crippen molar-refractivity contribution in [3.8, 4) is 6.07 Å². The van der Waals surface area contributed by atoms with Gasteiger partial charge in [0.15, 0.2) is 0 Å². The number of carbonyl (C=O) groups excluding carboxylic acids is 1. The van der Waals surface area contributed by atoms with E-state index in [0.29, 0.717) is 5.57 Å². The van der Waals surface area contributed by atoms with Crippen LogP contribution in [-0.4, -0.2) is 16.8 Å². The van der Waals surface area contributed by atoms with Gasteiger partial charge in [0.25, 0.3) is 0 Å². The number of carbonyl (C=O) groups is 1. The van der Waals surface area contributed by atoms with Gasteiger partial charge in [-0.05, 0) is 5.87 Å². The Kier molecular flexibility index (Phi) is 2.52. The molecule has 0 saturated carbocycles. The van der Waals surface area contributed by atoms with Gasteiger partial charge >= 0.3 is 0 Å². The van der Waals surface area contributed by atoms with E-state index in [4.69, 9.17) is 22.9 Å². The summed E-state index contributed by atoms with van der Waals surface area (Å²) in [5, 5.41) is 18.3. The summed E-state index contributed by atoms with van der Waals surface area (Å²) in [6, 6.07) is 1.91. The highest BCUT2D eigenvalue weighted by Gasteiger charge is 2.45. The van der Waals surface area contributed by atoms with E-state index in [-0.39, 0.29) is 4.99 Å². The minimum Gasteiger partial charge on any atom is -0.315 e. The first-order valence-corrected chi connectivity index (χ1v) is 4.41. The Hall–Kier alpha value is -1.50. The molecular formula is C9H9N3OS. The van der Waals surface area contributed by atoms with Gasteiger partial charge in [-0.2, -0.15) is 5.26 Å². The van der Waals surface area contributed by atoms with E-state index in [0.717, 1.165) is 0 Å². The van der Waals surface area contributed by atoms with Crippen LogP contribution in [0, 0.1) is 28.1 Å². The molecule has 0 aromatic rings. The molecule has 1 saturated heterocycles. The first-order chi connectivity index (χ1) is 6.45. The normalized spacial score (nSPS) is 24.9. The number of nitriles is 1. The van der Waals surface area contributed by atoms with Gasteiger partial charge in [0.1, 0.15) is 10.9 Å². The standard InChI is InChI=1S/C9H9N3OS/c1-9(2)5(3-10)7(13)12-8(14)6(9)4-11/h5,11H,1-2H3,(H,12,13,14). The van der Waals surface area contributed by atoms with E-state index in [2.05, 4.69) is 11.2 Å². The Morgan fingerprint density at radius 3 is 2.64 bits per heavy atom. The second kappa shape index (κ2) is 3.33. The lowest BCUT2D eigenvalue weighted by molar-refractivity contribution is -0.124. The monoisotopic (exact) mass is 207 g/mol. The van der Waals surface area contributed by atoms with E-state index >= 15 is 0 Å². The van der Waals surface area contributed by atoms with Crippen molar-refractivity contribution < 1.29 is 4.79 Å². The molecule has 1 aliphatic rings. The molecular weight excluding hydrogens is 198 g/mol. The van der Waals surface area contributed by atoms with Crippen LogP contribution in [-0.2, 0) is 4.79 Å². The van der Waals surface area contributed by atoms with E-state index in [1.165, 1.54) is 0 Å². The average molecular weight is 207 g/mol. The third-order valence-electron chi connectivity index (χ3n) is 2.35. The van der Waals surface area contributed by atoms with E-state index in [1.54, 1.807) is 13.8 Å². The van der Waals surface area contributed by atoms with E-state index in [9.17, 15) is 4.79 Å². The molecule has 0 bridgehead atoms. The summed E-state index contributed by atoms with van der Waals surface area (Å²) in [4.78, 5) is 11.6. The largest absolute Gasteiger partial charge is 0.315 e. The van der Waals surface area contributed by atoms with Crippen LogP contribution in [0.25, 0.3) is 0 Å². The van der Waals surface area contributed by atoms with Crippen molar-refractivity contribution in [1.82, 2.24) is 5.32 Å². The lowest BCUT2D eigenvalue weighted by Gasteiger charge is -2.34. The average Bonchev–Trinajstić information content (AvgIpc) is 2.02. The zero-order chi connectivity index (χ0) is 10.9. The predicted molar refractivity (Wildman–Crippen MR) is 54.9 cm³/mol. The number of hydrogen-bond donors (Lipinski definition) is 2. The Labute approximate surface area is 87.1 Å². The molecule has 1 fully saturated rings. The van der Waals surface area contributed by atoms with Gasteiger partial charge in [-0.1, -0.05) is 26.1 Å². The third kappa shape index (κ3) is 1.35. The highest BCUT2D eigenvalue weighted by molar-refractivity contribution is 7.80. The molecule has 1 rings (SSSR count). The summed E-state index contributed by atoms with van der Waals surface area (Å²) in [6.45, 7) is 3.42. The Balaban J connectivity index is 3.30. The molecule has 0 aromatic carbocycles. The second-order valence-corrected chi connectivity index (χ2v) is 4.01. The van der Waals surface area contributed by atoms with Crippen molar-refractivity contribution in [2.45, 2.75) is 13.8 Å². The Morgan fingerprint density at radius 1 is 1.64 bits per heavy atom. The maximum Gasteiger partial charge on any atom is 0.243 e. The molecule has 72 valence electrons. The van der Waals surface area contributed by atoms with Gasteiger partial charge in [0.05, 0.1) is 11.6 Å². The highest BCUT2D eigenvalue weighted by Crippen LogP contribution is 2.36. The zero-order valence-electron chi connectivity index (χ0n) is 7.84. The summed E-state index contributed by atoms with van der Waals surface area (Å²) in [6.07, 6.45) is 0. The van der Waals surface area contributed by atoms with Gasteiger partial charge in [0.2, 0.25) is 5.91 Å².